The summed E-state index contributed by atoms with van der Waals surface area (Å²) in [5.74, 6) is -0.0978. The van der Waals surface area contributed by atoms with Crippen molar-refractivity contribution in [2.24, 2.45) is 0 Å². The molecular formula is C18H20N2O3S2. The maximum absolute atomic E-state index is 13.0. The second kappa shape index (κ2) is 6.55. The molecule has 0 spiro atoms. The summed E-state index contributed by atoms with van der Waals surface area (Å²) < 4.78 is 27.5. The zero-order chi connectivity index (χ0) is 17.4. The molecule has 2 heterocycles. The summed E-state index contributed by atoms with van der Waals surface area (Å²) in [4.78, 5) is 16.2. The first kappa shape index (κ1) is 16.8. The number of carbonyl (C=O) groups is 1. The van der Waals surface area contributed by atoms with E-state index in [1.54, 1.807) is 29.5 Å². The molecular weight excluding hydrogens is 356 g/mol. The van der Waals surface area contributed by atoms with Crippen molar-refractivity contribution in [2.45, 2.75) is 42.7 Å². The van der Waals surface area contributed by atoms with Gasteiger partial charge in [0.05, 0.1) is 10.9 Å². The monoisotopic (exact) mass is 376 g/mol. The van der Waals surface area contributed by atoms with Gasteiger partial charge in [0.15, 0.2) is 0 Å². The average Bonchev–Trinajstić information content (AvgIpc) is 3.07. The van der Waals surface area contributed by atoms with Crippen LogP contribution < -0.4 is 4.72 Å². The largest absolute Gasteiger partial charge is 0.331 e. The Labute approximate surface area is 151 Å². The van der Waals surface area contributed by atoms with Crippen LogP contribution in [0.25, 0.3) is 0 Å². The van der Waals surface area contributed by atoms with Gasteiger partial charge in [0, 0.05) is 23.0 Å². The molecule has 1 aromatic heterocycles. The Kier molecular flexibility index (Phi) is 4.39. The number of sulfonamides is 1. The minimum absolute atomic E-state index is 0.0474. The predicted molar refractivity (Wildman–Crippen MR) is 97.1 cm³/mol. The number of nitrogens with zero attached hydrogens (tertiary/aromatic N) is 1. The Morgan fingerprint density at radius 1 is 1.16 bits per heavy atom. The van der Waals surface area contributed by atoms with Gasteiger partial charge in [-0.2, -0.15) is 0 Å². The molecule has 2 aromatic rings. The van der Waals surface area contributed by atoms with Gasteiger partial charge in [-0.15, -0.1) is 11.3 Å². The number of nitrogens with one attached hydrogen (secondary N) is 1. The highest BCUT2D eigenvalue weighted by atomic mass is 32.2. The first-order chi connectivity index (χ1) is 12.0. The van der Waals surface area contributed by atoms with E-state index in [0.717, 1.165) is 25.7 Å². The van der Waals surface area contributed by atoms with Crippen LogP contribution in [0, 0.1) is 0 Å². The van der Waals surface area contributed by atoms with Gasteiger partial charge in [0.1, 0.15) is 0 Å². The summed E-state index contributed by atoms with van der Waals surface area (Å²) in [7, 11) is -3.55. The van der Waals surface area contributed by atoms with Gasteiger partial charge < -0.3 is 4.90 Å². The molecule has 1 amide bonds. The van der Waals surface area contributed by atoms with Crippen molar-refractivity contribution in [3.63, 3.8) is 0 Å². The van der Waals surface area contributed by atoms with Crippen molar-refractivity contribution >= 4 is 27.3 Å². The number of carbonyl (C=O) groups excluding carboxylic acids is 1. The van der Waals surface area contributed by atoms with Crippen molar-refractivity contribution in [3.05, 3.63) is 52.2 Å². The SMILES string of the molecule is O=C(c1cccc(S(=O)(=O)NC2CC2)c1)N1CCCC1c1cccs1. The van der Waals surface area contributed by atoms with E-state index in [0.29, 0.717) is 12.1 Å². The highest BCUT2D eigenvalue weighted by Gasteiger charge is 2.32. The molecule has 5 nitrogen and oxygen atoms in total. The lowest BCUT2D eigenvalue weighted by Crippen LogP contribution is -2.30. The Hall–Kier alpha value is -1.70. The molecule has 0 radical (unpaired) electrons. The predicted octanol–water partition coefficient (Wildman–Crippen LogP) is 3.17. The third kappa shape index (κ3) is 3.49. The van der Waals surface area contributed by atoms with Crippen molar-refractivity contribution in [1.82, 2.24) is 9.62 Å². The van der Waals surface area contributed by atoms with Crippen LogP contribution in [0.1, 0.15) is 47.0 Å². The van der Waals surface area contributed by atoms with Crippen LogP contribution in [0.15, 0.2) is 46.7 Å². The van der Waals surface area contributed by atoms with Gasteiger partial charge in [0.25, 0.3) is 5.91 Å². The smallest absolute Gasteiger partial charge is 0.254 e. The van der Waals surface area contributed by atoms with Gasteiger partial charge in [0.2, 0.25) is 10.0 Å². The minimum atomic E-state index is -3.55. The molecule has 1 unspecified atom stereocenters. The lowest BCUT2D eigenvalue weighted by molar-refractivity contribution is 0.0737. The van der Waals surface area contributed by atoms with E-state index >= 15 is 0 Å². The second-order valence-corrected chi connectivity index (χ2v) is 9.29. The number of hydrogen-bond acceptors (Lipinski definition) is 4. The fourth-order valence-corrected chi connectivity index (χ4v) is 5.46. The van der Waals surface area contributed by atoms with E-state index in [2.05, 4.69) is 10.8 Å². The Morgan fingerprint density at radius 3 is 2.72 bits per heavy atom. The summed E-state index contributed by atoms with van der Waals surface area (Å²) in [6.07, 6.45) is 3.69. The number of amides is 1. The van der Waals surface area contributed by atoms with E-state index in [1.807, 2.05) is 16.3 Å². The minimum Gasteiger partial charge on any atom is -0.331 e. The number of thiophene rings is 1. The van der Waals surface area contributed by atoms with Gasteiger partial charge in [-0.25, -0.2) is 13.1 Å². The zero-order valence-corrected chi connectivity index (χ0v) is 15.4. The first-order valence-electron chi connectivity index (χ1n) is 8.51. The van der Waals surface area contributed by atoms with Crippen LogP contribution >= 0.6 is 11.3 Å². The van der Waals surface area contributed by atoms with Gasteiger partial charge in [-0.1, -0.05) is 12.1 Å². The van der Waals surface area contributed by atoms with Crippen LogP contribution in [-0.4, -0.2) is 31.8 Å². The van der Waals surface area contributed by atoms with Crippen LogP contribution in [0.5, 0.6) is 0 Å². The normalized spacial score (nSPS) is 20.8. The van der Waals surface area contributed by atoms with Crippen LogP contribution in [0.4, 0.5) is 0 Å². The molecule has 0 bridgehead atoms. The summed E-state index contributed by atoms with van der Waals surface area (Å²) in [5, 5.41) is 2.02. The van der Waals surface area contributed by atoms with Crippen molar-refractivity contribution < 1.29 is 13.2 Å². The molecule has 1 aliphatic heterocycles. The van der Waals surface area contributed by atoms with E-state index in [9.17, 15) is 13.2 Å². The molecule has 25 heavy (non-hydrogen) atoms. The standard InChI is InChI=1S/C18H20N2O3S2/c21-18(20-10-2-6-16(20)17-7-3-11-24-17)13-4-1-5-15(12-13)25(22,23)19-14-8-9-14/h1,3-5,7,11-12,14,16,19H,2,6,8-10H2. The van der Waals surface area contributed by atoms with Crippen LogP contribution in [0.3, 0.4) is 0 Å². The second-order valence-electron chi connectivity index (χ2n) is 6.60. The third-order valence-electron chi connectivity index (χ3n) is 4.68. The number of rotatable bonds is 5. The van der Waals surface area contributed by atoms with E-state index in [4.69, 9.17) is 0 Å². The molecule has 1 N–H and O–H groups in total. The molecule has 1 aromatic carbocycles. The molecule has 2 fully saturated rings. The molecule has 1 aliphatic carbocycles. The van der Waals surface area contributed by atoms with Gasteiger partial charge in [-0.3, -0.25) is 4.79 Å². The fourth-order valence-electron chi connectivity index (χ4n) is 3.24. The number of likely N-dealkylation sites (tertiary alicyclic amines) is 1. The van der Waals surface area contributed by atoms with Gasteiger partial charge in [-0.05, 0) is 55.3 Å². The third-order valence-corrected chi connectivity index (χ3v) is 7.17. The summed E-state index contributed by atoms with van der Waals surface area (Å²) in [6, 6.07) is 10.6. The number of hydrogen-bond donors (Lipinski definition) is 1. The first-order valence-corrected chi connectivity index (χ1v) is 10.9. The highest BCUT2D eigenvalue weighted by molar-refractivity contribution is 7.89. The van der Waals surface area contributed by atoms with E-state index in [-0.39, 0.29) is 22.9 Å². The molecule has 1 atom stereocenters. The molecule has 2 aliphatic rings. The van der Waals surface area contributed by atoms with Crippen molar-refractivity contribution in [2.75, 3.05) is 6.54 Å². The maximum atomic E-state index is 13.0. The van der Waals surface area contributed by atoms with E-state index < -0.39 is 10.0 Å². The van der Waals surface area contributed by atoms with E-state index in [1.165, 1.54) is 10.9 Å². The zero-order valence-electron chi connectivity index (χ0n) is 13.7. The van der Waals surface area contributed by atoms with Crippen molar-refractivity contribution in [1.29, 1.82) is 0 Å². The quantitative estimate of drug-likeness (QED) is 0.872. The Bertz CT molecular complexity index is 873. The van der Waals surface area contributed by atoms with Crippen molar-refractivity contribution in [3.8, 4) is 0 Å². The Morgan fingerprint density at radius 2 is 2.00 bits per heavy atom. The van der Waals surface area contributed by atoms with Gasteiger partial charge >= 0.3 is 0 Å². The molecule has 7 heteroatoms. The van der Waals surface area contributed by atoms with Crippen LogP contribution in [-0.2, 0) is 10.0 Å². The maximum Gasteiger partial charge on any atom is 0.254 e. The molecule has 1 saturated carbocycles. The summed E-state index contributed by atoms with van der Waals surface area (Å²) >= 11 is 1.66. The lowest BCUT2D eigenvalue weighted by atomic mass is 10.1. The molecule has 132 valence electrons. The van der Waals surface area contributed by atoms with Crippen LogP contribution in [0.2, 0.25) is 0 Å². The topological polar surface area (TPSA) is 66.5 Å². The Balaban J connectivity index is 1.59. The average molecular weight is 377 g/mol. The molecule has 1 saturated heterocycles. The summed E-state index contributed by atoms with van der Waals surface area (Å²) in [6.45, 7) is 0.707. The molecule has 4 rings (SSSR count). The fraction of sp³-hybridized carbons (Fsp3) is 0.389. The summed E-state index contributed by atoms with van der Waals surface area (Å²) in [5.41, 5.74) is 0.433. The highest BCUT2D eigenvalue weighted by Crippen LogP contribution is 2.35. The number of benzene rings is 1. The lowest BCUT2D eigenvalue weighted by Gasteiger charge is -2.24.